The molecule has 2 heteroatoms. The third-order valence-electron chi connectivity index (χ3n) is 2.41. The first-order valence-electron chi connectivity index (χ1n) is 5.38. The number of rotatable bonds is 1. The van der Waals surface area contributed by atoms with E-state index in [2.05, 4.69) is 0 Å². The fraction of sp³-hybridized carbons (Fsp3) is 0.286. The third-order valence-corrected chi connectivity index (χ3v) is 2.41. The summed E-state index contributed by atoms with van der Waals surface area (Å²) in [6, 6.07) is 8.17. The van der Waals surface area contributed by atoms with E-state index in [-0.39, 0.29) is 0 Å². The van der Waals surface area contributed by atoms with Gasteiger partial charge in [0.25, 0.3) is 0 Å². The van der Waals surface area contributed by atoms with Gasteiger partial charge in [0, 0.05) is 35.4 Å². The molecule has 2 aromatic rings. The molecule has 82 valence electrons. The van der Waals surface area contributed by atoms with Gasteiger partial charge in [-0.05, 0) is 0 Å². The zero-order valence-corrected chi connectivity index (χ0v) is 10.1. The second-order valence-corrected chi connectivity index (χ2v) is 4.13. The van der Waals surface area contributed by atoms with Crippen LogP contribution in [0, 0.1) is 27.7 Å². The van der Waals surface area contributed by atoms with Gasteiger partial charge in [-0.1, -0.05) is 0 Å². The van der Waals surface area contributed by atoms with Crippen molar-refractivity contribution in [1.29, 1.82) is 0 Å². The summed E-state index contributed by atoms with van der Waals surface area (Å²) in [5.74, 6) is 3.69. The van der Waals surface area contributed by atoms with Gasteiger partial charge in [0.1, 0.15) is 0 Å². The molecule has 0 aliphatic heterocycles. The average Bonchev–Trinajstić information content (AvgIpc) is 2.14. The van der Waals surface area contributed by atoms with Gasteiger partial charge in [-0.2, -0.15) is 0 Å². The van der Waals surface area contributed by atoms with E-state index in [1.165, 1.54) is 11.1 Å². The van der Waals surface area contributed by atoms with Crippen LogP contribution in [0.15, 0.2) is 33.1 Å². The lowest BCUT2D eigenvalue weighted by molar-refractivity contribution is 0.483. The Labute approximate surface area is 95.6 Å². The van der Waals surface area contributed by atoms with Crippen LogP contribution in [0.2, 0.25) is 0 Å². The maximum absolute atomic E-state index is 5.48. The molecule has 0 radical (unpaired) electrons. The Hall–Kier alpha value is -1.70. The van der Waals surface area contributed by atoms with Crippen molar-refractivity contribution < 1.29 is 8.83 Å². The fourth-order valence-corrected chi connectivity index (χ4v) is 1.92. The van der Waals surface area contributed by atoms with Crippen LogP contribution in [-0.4, -0.2) is 0 Å². The molecule has 0 saturated heterocycles. The van der Waals surface area contributed by atoms with E-state index in [0.29, 0.717) is 0 Å². The van der Waals surface area contributed by atoms with Gasteiger partial charge in [0.15, 0.2) is 0 Å². The summed E-state index contributed by atoms with van der Waals surface area (Å²) in [4.78, 5) is 0. The molecule has 0 aliphatic carbocycles. The van der Waals surface area contributed by atoms with E-state index in [4.69, 9.17) is 8.83 Å². The Morgan fingerprint density at radius 2 is 0.812 bits per heavy atom. The summed E-state index contributed by atoms with van der Waals surface area (Å²) in [7, 11) is 0. The molecule has 0 spiro atoms. The molecule has 2 rings (SSSR count). The van der Waals surface area contributed by atoms with Crippen molar-refractivity contribution in [2.75, 3.05) is 0 Å². The van der Waals surface area contributed by atoms with Crippen LogP contribution >= 0.6 is 0 Å². The molecule has 0 atom stereocenters. The van der Waals surface area contributed by atoms with Gasteiger partial charge in [-0.15, -0.1) is 0 Å². The molecular weight excluding hydrogens is 200 g/mol. The van der Waals surface area contributed by atoms with Crippen LogP contribution in [-0.2, 0) is 0 Å². The SMILES string of the molecule is Cc1cc(-c2cc(C)[o+]c(C)c2)cc(C)[o+]1. The molecule has 0 aromatic carbocycles. The lowest BCUT2D eigenvalue weighted by Gasteiger charge is -1.97. The molecule has 0 N–H and O–H groups in total. The van der Waals surface area contributed by atoms with Crippen LogP contribution in [0.5, 0.6) is 0 Å². The first-order valence-corrected chi connectivity index (χ1v) is 5.38. The average molecular weight is 216 g/mol. The molecule has 2 nitrogen and oxygen atoms in total. The van der Waals surface area contributed by atoms with E-state index < -0.39 is 0 Å². The predicted molar refractivity (Wildman–Crippen MR) is 64.2 cm³/mol. The van der Waals surface area contributed by atoms with E-state index in [0.717, 1.165) is 23.0 Å². The molecule has 0 amide bonds. The maximum Gasteiger partial charge on any atom is 0.327 e. The Bertz CT molecular complexity index is 440. The molecule has 0 aliphatic rings. The molecule has 0 unspecified atom stereocenters. The highest BCUT2D eigenvalue weighted by Crippen LogP contribution is 2.24. The number of hydrogen-bond acceptors (Lipinski definition) is 0. The molecule has 2 aromatic heterocycles. The van der Waals surface area contributed by atoms with Crippen molar-refractivity contribution in [3.63, 3.8) is 0 Å². The van der Waals surface area contributed by atoms with Crippen LogP contribution in [0.1, 0.15) is 23.0 Å². The minimum absolute atomic E-state index is 0.922. The topological polar surface area (TPSA) is 22.6 Å². The highest BCUT2D eigenvalue weighted by Gasteiger charge is 2.14. The molecule has 0 saturated carbocycles. The quantitative estimate of drug-likeness (QED) is 0.662. The Kier molecular flexibility index (Phi) is 2.73. The third kappa shape index (κ3) is 2.27. The number of aryl methyl sites for hydroxylation is 4. The maximum atomic E-state index is 5.48. The Morgan fingerprint density at radius 1 is 0.562 bits per heavy atom. The van der Waals surface area contributed by atoms with Crippen molar-refractivity contribution >= 4 is 0 Å². The molecule has 0 bridgehead atoms. The van der Waals surface area contributed by atoms with Crippen LogP contribution in [0.3, 0.4) is 0 Å². The van der Waals surface area contributed by atoms with Crippen LogP contribution in [0.4, 0.5) is 0 Å². The fourth-order valence-electron chi connectivity index (χ4n) is 1.92. The first-order chi connectivity index (χ1) is 7.54. The van der Waals surface area contributed by atoms with Crippen molar-refractivity contribution in [3.8, 4) is 11.1 Å². The lowest BCUT2D eigenvalue weighted by Crippen LogP contribution is -1.85. The van der Waals surface area contributed by atoms with E-state index in [1.54, 1.807) is 0 Å². The Balaban J connectivity index is 2.57. The van der Waals surface area contributed by atoms with Gasteiger partial charge in [-0.25, -0.2) is 8.83 Å². The van der Waals surface area contributed by atoms with Gasteiger partial charge >= 0.3 is 23.0 Å². The normalized spacial score (nSPS) is 10.5. The minimum atomic E-state index is 0.922. The summed E-state index contributed by atoms with van der Waals surface area (Å²) in [5.41, 5.74) is 2.34. The second kappa shape index (κ2) is 4.05. The lowest BCUT2D eigenvalue weighted by atomic mass is 10.1. The summed E-state index contributed by atoms with van der Waals surface area (Å²) in [6.07, 6.45) is 0. The smallest absolute Gasteiger partial charge is 0.218 e. The summed E-state index contributed by atoms with van der Waals surface area (Å²) in [5, 5.41) is 0. The standard InChI is InChI=1S/C14H16O2/c1-9-5-13(6-10(2)15-9)14-7-11(3)16-12(4)8-14/h5-8H,1-4H3/q+2. The van der Waals surface area contributed by atoms with Crippen molar-refractivity contribution in [3.05, 3.63) is 47.3 Å². The van der Waals surface area contributed by atoms with Crippen LogP contribution in [0.25, 0.3) is 11.1 Å². The van der Waals surface area contributed by atoms with Crippen molar-refractivity contribution in [1.82, 2.24) is 0 Å². The second-order valence-electron chi connectivity index (χ2n) is 4.13. The van der Waals surface area contributed by atoms with Gasteiger partial charge in [-0.3, -0.25) is 0 Å². The van der Waals surface area contributed by atoms with Crippen molar-refractivity contribution in [2.24, 2.45) is 0 Å². The van der Waals surface area contributed by atoms with E-state index >= 15 is 0 Å². The first kappa shape index (κ1) is 10.8. The summed E-state index contributed by atoms with van der Waals surface area (Å²) in [6.45, 7) is 7.85. The highest BCUT2D eigenvalue weighted by atomic mass is 16.3. The van der Waals surface area contributed by atoms with Crippen molar-refractivity contribution in [2.45, 2.75) is 27.7 Å². The Morgan fingerprint density at radius 3 is 1.06 bits per heavy atom. The summed E-state index contributed by atoms with van der Waals surface area (Å²) < 4.78 is 11.0. The van der Waals surface area contributed by atoms with E-state index in [9.17, 15) is 0 Å². The summed E-state index contributed by atoms with van der Waals surface area (Å²) >= 11 is 0. The predicted octanol–water partition coefficient (Wildman–Crippen LogP) is 4.34. The van der Waals surface area contributed by atoms with Gasteiger partial charge < -0.3 is 0 Å². The number of hydrogen-bond donors (Lipinski definition) is 0. The van der Waals surface area contributed by atoms with Gasteiger partial charge in [0.2, 0.25) is 0 Å². The monoisotopic (exact) mass is 216 g/mol. The molecule has 0 fully saturated rings. The molecule has 16 heavy (non-hydrogen) atoms. The zero-order valence-electron chi connectivity index (χ0n) is 10.1. The van der Waals surface area contributed by atoms with Gasteiger partial charge in [0.05, 0.1) is 27.7 Å². The largest absolute Gasteiger partial charge is 0.327 e. The highest BCUT2D eigenvalue weighted by molar-refractivity contribution is 5.64. The van der Waals surface area contributed by atoms with E-state index in [1.807, 2.05) is 52.0 Å². The minimum Gasteiger partial charge on any atom is -0.218 e. The zero-order chi connectivity index (χ0) is 11.7. The molecular formula is C14H16O2+2. The molecule has 2 heterocycles. The van der Waals surface area contributed by atoms with Crippen LogP contribution < -0.4 is 0 Å².